The first-order valence-corrected chi connectivity index (χ1v) is 4.35. The zero-order valence-electron chi connectivity index (χ0n) is 7.79. The molecule has 0 saturated heterocycles. The SMILES string of the molecule is CCNc1nc(C(C)CC)no1. The predicted octanol–water partition coefficient (Wildman–Crippen LogP) is 2.01. The minimum Gasteiger partial charge on any atom is -0.338 e. The Morgan fingerprint density at radius 2 is 2.25 bits per heavy atom. The molecule has 4 nitrogen and oxygen atoms in total. The number of hydrogen-bond donors (Lipinski definition) is 1. The first-order chi connectivity index (χ1) is 5.77. The molecule has 1 aromatic heterocycles. The summed E-state index contributed by atoms with van der Waals surface area (Å²) in [5, 5.41) is 6.82. The molecule has 0 radical (unpaired) electrons. The quantitative estimate of drug-likeness (QED) is 0.749. The molecular formula is C8H15N3O. The Kier molecular flexibility index (Phi) is 3.08. The molecular weight excluding hydrogens is 154 g/mol. The summed E-state index contributed by atoms with van der Waals surface area (Å²) in [4.78, 5) is 4.18. The zero-order valence-corrected chi connectivity index (χ0v) is 7.79. The van der Waals surface area contributed by atoms with Gasteiger partial charge in [0.05, 0.1) is 0 Å². The van der Waals surface area contributed by atoms with E-state index in [-0.39, 0.29) is 0 Å². The largest absolute Gasteiger partial charge is 0.338 e. The van der Waals surface area contributed by atoms with Gasteiger partial charge in [0.15, 0.2) is 5.82 Å². The fraction of sp³-hybridized carbons (Fsp3) is 0.750. The van der Waals surface area contributed by atoms with Gasteiger partial charge in [0, 0.05) is 12.5 Å². The van der Waals surface area contributed by atoms with Crippen LogP contribution in [0.5, 0.6) is 0 Å². The Bertz CT molecular complexity index is 234. The van der Waals surface area contributed by atoms with E-state index in [9.17, 15) is 0 Å². The van der Waals surface area contributed by atoms with Crippen molar-refractivity contribution in [3.63, 3.8) is 0 Å². The highest BCUT2D eigenvalue weighted by atomic mass is 16.5. The second kappa shape index (κ2) is 4.09. The molecule has 1 unspecified atom stereocenters. The fourth-order valence-electron chi connectivity index (χ4n) is 0.841. The van der Waals surface area contributed by atoms with Crippen molar-refractivity contribution in [2.24, 2.45) is 0 Å². The topological polar surface area (TPSA) is 51.0 Å². The molecule has 1 heterocycles. The normalized spacial score (nSPS) is 12.9. The van der Waals surface area contributed by atoms with Gasteiger partial charge in [0.25, 0.3) is 0 Å². The van der Waals surface area contributed by atoms with Crippen molar-refractivity contribution in [3.05, 3.63) is 5.82 Å². The van der Waals surface area contributed by atoms with Crippen LogP contribution in [0.2, 0.25) is 0 Å². The highest BCUT2D eigenvalue weighted by Crippen LogP contribution is 2.16. The summed E-state index contributed by atoms with van der Waals surface area (Å²) in [6.07, 6.45) is 1.03. The van der Waals surface area contributed by atoms with Crippen LogP contribution in [0.3, 0.4) is 0 Å². The Labute approximate surface area is 72.4 Å². The fourth-order valence-corrected chi connectivity index (χ4v) is 0.841. The maximum atomic E-state index is 4.96. The third kappa shape index (κ3) is 1.96. The number of anilines is 1. The molecule has 0 bridgehead atoms. The Morgan fingerprint density at radius 3 is 2.83 bits per heavy atom. The van der Waals surface area contributed by atoms with Crippen LogP contribution in [0.1, 0.15) is 38.9 Å². The lowest BCUT2D eigenvalue weighted by atomic mass is 10.1. The van der Waals surface area contributed by atoms with Gasteiger partial charge >= 0.3 is 6.01 Å². The highest BCUT2D eigenvalue weighted by Gasteiger charge is 2.10. The molecule has 0 aromatic carbocycles. The Balaban J connectivity index is 2.63. The summed E-state index contributed by atoms with van der Waals surface area (Å²) in [5.41, 5.74) is 0. The maximum Gasteiger partial charge on any atom is 0.321 e. The van der Waals surface area contributed by atoms with E-state index >= 15 is 0 Å². The molecule has 0 saturated carbocycles. The molecule has 0 aliphatic heterocycles. The molecule has 0 spiro atoms. The minimum absolute atomic E-state index is 0.376. The van der Waals surface area contributed by atoms with Crippen molar-refractivity contribution in [2.45, 2.75) is 33.1 Å². The van der Waals surface area contributed by atoms with Crippen LogP contribution < -0.4 is 5.32 Å². The zero-order chi connectivity index (χ0) is 8.97. The van der Waals surface area contributed by atoms with Gasteiger partial charge in [-0.2, -0.15) is 4.98 Å². The Hall–Kier alpha value is -1.06. The van der Waals surface area contributed by atoms with Gasteiger partial charge in [-0.25, -0.2) is 0 Å². The van der Waals surface area contributed by atoms with Crippen LogP contribution in [0, 0.1) is 0 Å². The highest BCUT2D eigenvalue weighted by molar-refractivity contribution is 5.18. The van der Waals surface area contributed by atoms with E-state index in [0.29, 0.717) is 11.9 Å². The van der Waals surface area contributed by atoms with E-state index in [0.717, 1.165) is 18.8 Å². The van der Waals surface area contributed by atoms with Gasteiger partial charge in [-0.15, -0.1) is 0 Å². The van der Waals surface area contributed by atoms with Crippen molar-refractivity contribution in [3.8, 4) is 0 Å². The average Bonchev–Trinajstić information content (AvgIpc) is 2.52. The van der Waals surface area contributed by atoms with Crippen LogP contribution in [-0.2, 0) is 0 Å². The predicted molar refractivity (Wildman–Crippen MR) is 47.2 cm³/mol. The number of nitrogens with one attached hydrogen (secondary N) is 1. The van der Waals surface area contributed by atoms with Crippen LogP contribution in [0.4, 0.5) is 6.01 Å². The monoisotopic (exact) mass is 169 g/mol. The summed E-state index contributed by atoms with van der Waals surface area (Å²) >= 11 is 0. The maximum absolute atomic E-state index is 4.96. The van der Waals surface area contributed by atoms with Crippen molar-refractivity contribution < 1.29 is 4.52 Å². The Morgan fingerprint density at radius 1 is 1.50 bits per heavy atom. The molecule has 0 amide bonds. The smallest absolute Gasteiger partial charge is 0.321 e. The number of hydrogen-bond acceptors (Lipinski definition) is 4. The van der Waals surface area contributed by atoms with Crippen molar-refractivity contribution in [1.82, 2.24) is 10.1 Å². The molecule has 68 valence electrons. The summed E-state index contributed by atoms with van der Waals surface area (Å²) in [7, 11) is 0. The molecule has 4 heteroatoms. The summed E-state index contributed by atoms with van der Waals surface area (Å²) < 4.78 is 4.96. The molecule has 1 N–H and O–H groups in total. The average molecular weight is 169 g/mol. The standard InChI is InChI=1S/C8H15N3O/c1-4-6(3)7-10-8(9-5-2)12-11-7/h6H,4-5H2,1-3H3,(H,9,10,11). The molecule has 1 aromatic rings. The van der Waals surface area contributed by atoms with Crippen LogP contribution in [-0.4, -0.2) is 16.7 Å². The summed E-state index contributed by atoms with van der Waals surface area (Å²) in [5.74, 6) is 1.16. The van der Waals surface area contributed by atoms with Gasteiger partial charge in [-0.05, 0) is 13.3 Å². The number of nitrogens with zero attached hydrogens (tertiary/aromatic N) is 2. The lowest BCUT2D eigenvalue weighted by molar-refractivity contribution is 0.417. The number of aromatic nitrogens is 2. The van der Waals surface area contributed by atoms with E-state index in [1.807, 2.05) is 6.92 Å². The van der Waals surface area contributed by atoms with Crippen LogP contribution in [0.15, 0.2) is 4.52 Å². The van der Waals surface area contributed by atoms with Gasteiger partial charge in [-0.1, -0.05) is 19.0 Å². The third-order valence-corrected chi connectivity index (χ3v) is 1.82. The lowest BCUT2D eigenvalue weighted by Gasteiger charge is -1.98. The third-order valence-electron chi connectivity index (χ3n) is 1.82. The first kappa shape index (κ1) is 9.03. The van der Waals surface area contributed by atoms with Crippen molar-refractivity contribution >= 4 is 6.01 Å². The van der Waals surface area contributed by atoms with E-state index in [1.165, 1.54) is 0 Å². The molecule has 0 aliphatic rings. The molecule has 0 aliphatic carbocycles. The van der Waals surface area contributed by atoms with Crippen molar-refractivity contribution in [1.29, 1.82) is 0 Å². The molecule has 1 rings (SSSR count). The van der Waals surface area contributed by atoms with E-state index in [4.69, 9.17) is 4.52 Å². The lowest BCUT2D eigenvalue weighted by Crippen LogP contribution is -1.98. The van der Waals surface area contributed by atoms with Gasteiger partial charge in [-0.3, -0.25) is 0 Å². The second-order valence-corrected chi connectivity index (χ2v) is 2.80. The van der Waals surface area contributed by atoms with Gasteiger partial charge < -0.3 is 9.84 Å². The van der Waals surface area contributed by atoms with E-state index in [1.54, 1.807) is 0 Å². The number of rotatable bonds is 4. The molecule has 12 heavy (non-hydrogen) atoms. The first-order valence-electron chi connectivity index (χ1n) is 4.35. The second-order valence-electron chi connectivity index (χ2n) is 2.80. The minimum atomic E-state index is 0.376. The van der Waals surface area contributed by atoms with Gasteiger partial charge in [0.1, 0.15) is 0 Å². The van der Waals surface area contributed by atoms with E-state index < -0.39 is 0 Å². The summed E-state index contributed by atoms with van der Waals surface area (Å²) in [6.45, 7) is 6.99. The molecule has 1 atom stereocenters. The van der Waals surface area contributed by atoms with Gasteiger partial charge in [0.2, 0.25) is 0 Å². The van der Waals surface area contributed by atoms with Crippen molar-refractivity contribution in [2.75, 3.05) is 11.9 Å². The van der Waals surface area contributed by atoms with E-state index in [2.05, 4.69) is 29.3 Å². The van der Waals surface area contributed by atoms with Crippen LogP contribution in [0.25, 0.3) is 0 Å². The van der Waals surface area contributed by atoms with Crippen LogP contribution >= 0.6 is 0 Å². The summed E-state index contributed by atoms with van der Waals surface area (Å²) in [6, 6.07) is 0.521. The molecule has 0 fully saturated rings.